The Kier molecular flexibility index (Phi) is 8.47. The summed E-state index contributed by atoms with van der Waals surface area (Å²) < 4.78 is 16.0. The van der Waals surface area contributed by atoms with Crippen molar-refractivity contribution >= 4 is 40.7 Å². The Morgan fingerprint density at radius 2 is 1.71 bits per heavy atom. The van der Waals surface area contributed by atoms with Crippen LogP contribution in [0.15, 0.2) is 42.0 Å². The van der Waals surface area contributed by atoms with Gasteiger partial charge in [0.15, 0.2) is 5.75 Å². The molecule has 2 aromatic carbocycles. The third kappa shape index (κ3) is 5.32. The fourth-order valence-electron chi connectivity index (χ4n) is 3.88. The van der Waals surface area contributed by atoms with E-state index in [0.717, 1.165) is 0 Å². The summed E-state index contributed by atoms with van der Waals surface area (Å²) in [6, 6.07) is 9.17. The maximum Gasteiger partial charge on any atom is 0.295 e. The van der Waals surface area contributed by atoms with Crippen molar-refractivity contribution in [2.75, 3.05) is 27.4 Å². The van der Waals surface area contributed by atoms with Crippen LogP contribution in [0.2, 0.25) is 10.0 Å². The Balaban J connectivity index is 2.12. The van der Waals surface area contributed by atoms with Crippen LogP contribution in [0.3, 0.4) is 0 Å². The lowest BCUT2D eigenvalue weighted by Crippen LogP contribution is -2.31. The van der Waals surface area contributed by atoms with Gasteiger partial charge in [0.1, 0.15) is 11.5 Å². The number of amides is 1. The van der Waals surface area contributed by atoms with Gasteiger partial charge in [0, 0.05) is 25.8 Å². The molecule has 1 saturated heterocycles. The number of benzene rings is 2. The van der Waals surface area contributed by atoms with Gasteiger partial charge in [0.05, 0.1) is 34.9 Å². The topological polar surface area (TPSA) is 85.3 Å². The first kappa shape index (κ1) is 25.9. The molecule has 34 heavy (non-hydrogen) atoms. The lowest BCUT2D eigenvalue weighted by molar-refractivity contribution is -0.140. The summed E-state index contributed by atoms with van der Waals surface area (Å²) in [6.45, 7) is 4.53. The lowest BCUT2D eigenvalue weighted by atomic mass is 9.95. The van der Waals surface area contributed by atoms with Crippen molar-refractivity contribution in [3.8, 4) is 11.5 Å². The van der Waals surface area contributed by atoms with E-state index in [1.54, 1.807) is 31.4 Å². The molecule has 0 aliphatic carbocycles. The minimum atomic E-state index is -0.801. The maximum atomic E-state index is 13.1. The number of Topliss-reactive ketones (excluding diaryl/α,β-unsaturated/α-hetero) is 1. The molecule has 7 nitrogen and oxygen atoms in total. The smallest absolute Gasteiger partial charge is 0.295 e. The van der Waals surface area contributed by atoms with Crippen LogP contribution in [0.1, 0.15) is 37.4 Å². The van der Waals surface area contributed by atoms with Crippen LogP contribution in [0.4, 0.5) is 0 Å². The molecule has 1 aliphatic heterocycles. The number of rotatable bonds is 9. The molecule has 1 unspecified atom stereocenters. The molecule has 3 rings (SSSR count). The van der Waals surface area contributed by atoms with Gasteiger partial charge in [0.25, 0.3) is 11.7 Å². The lowest BCUT2D eigenvalue weighted by Gasteiger charge is -2.25. The van der Waals surface area contributed by atoms with Crippen molar-refractivity contribution in [2.24, 2.45) is 0 Å². The molecule has 0 radical (unpaired) electrons. The van der Waals surface area contributed by atoms with E-state index in [9.17, 15) is 14.7 Å². The van der Waals surface area contributed by atoms with Crippen LogP contribution in [0.5, 0.6) is 11.5 Å². The molecule has 1 fully saturated rings. The van der Waals surface area contributed by atoms with Gasteiger partial charge in [-0.25, -0.2) is 0 Å². The highest BCUT2D eigenvalue weighted by Gasteiger charge is 2.45. The van der Waals surface area contributed by atoms with Gasteiger partial charge in [0.2, 0.25) is 0 Å². The van der Waals surface area contributed by atoms with Crippen LogP contribution in [-0.2, 0) is 14.3 Å². The van der Waals surface area contributed by atoms with E-state index in [0.29, 0.717) is 24.3 Å². The number of ketones is 1. The zero-order valence-corrected chi connectivity index (χ0v) is 20.9. The number of nitrogens with zero attached hydrogens (tertiary/aromatic N) is 1. The van der Waals surface area contributed by atoms with Crippen molar-refractivity contribution in [1.82, 2.24) is 4.90 Å². The number of aliphatic hydroxyl groups excluding tert-OH is 1. The highest BCUT2D eigenvalue weighted by atomic mass is 35.5. The summed E-state index contributed by atoms with van der Waals surface area (Å²) in [5.41, 5.74) is 0.813. The fourth-order valence-corrected chi connectivity index (χ4v) is 4.53. The molecule has 0 bridgehead atoms. The molecular formula is C25H27Cl2NO6. The van der Waals surface area contributed by atoms with Crippen molar-refractivity contribution in [3.05, 3.63) is 63.1 Å². The third-order valence-corrected chi connectivity index (χ3v) is 5.89. The molecule has 1 heterocycles. The Morgan fingerprint density at radius 3 is 2.24 bits per heavy atom. The van der Waals surface area contributed by atoms with E-state index in [1.165, 1.54) is 24.1 Å². The largest absolute Gasteiger partial charge is 0.507 e. The van der Waals surface area contributed by atoms with Crippen molar-refractivity contribution in [1.29, 1.82) is 0 Å². The predicted octanol–water partition coefficient (Wildman–Crippen LogP) is 5.25. The number of methoxy groups -OCH3 is 2. The van der Waals surface area contributed by atoms with Crippen LogP contribution in [0, 0.1) is 0 Å². The number of halogens is 2. The monoisotopic (exact) mass is 507 g/mol. The maximum absolute atomic E-state index is 13.1. The second-order valence-electron chi connectivity index (χ2n) is 8.05. The summed E-state index contributed by atoms with van der Waals surface area (Å²) in [7, 11) is 2.99. The molecule has 1 amide bonds. The SMILES string of the molecule is COCCCN1C(=O)C(=O)/C(=C(/O)c2cc(Cl)c(OC)c(Cl)c2)C1c1ccc(OC(C)C)cc1. The summed E-state index contributed by atoms with van der Waals surface area (Å²) in [5, 5.41) is 11.5. The van der Waals surface area contributed by atoms with E-state index in [1.807, 2.05) is 13.8 Å². The molecule has 1 N–H and O–H groups in total. The molecule has 0 aromatic heterocycles. The van der Waals surface area contributed by atoms with E-state index in [2.05, 4.69) is 0 Å². The standard InChI is InChI=1S/C25H27Cl2NO6/c1-14(2)34-17-8-6-15(7-9-17)21-20(23(30)25(31)28(21)10-5-11-32-3)22(29)16-12-18(26)24(33-4)19(27)13-16/h6-9,12-14,21,29H,5,10-11H2,1-4H3/b22-20+. The average molecular weight is 508 g/mol. The number of hydrogen-bond acceptors (Lipinski definition) is 6. The quantitative estimate of drug-likeness (QED) is 0.216. The summed E-state index contributed by atoms with van der Waals surface area (Å²) in [5.74, 6) is -0.950. The molecule has 1 atom stereocenters. The third-order valence-electron chi connectivity index (χ3n) is 5.33. The number of hydrogen-bond donors (Lipinski definition) is 1. The van der Waals surface area contributed by atoms with Crippen molar-refractivity contribution < 1.29 is 28.9 Å². The summed E-state index contributed by atoms with van der Waals surface area (Å²) in [4.78, 5) is 27.5. The molecule has 9 heteroatoms. The van der Waals surface area contributed by atoms with Gasteiger partial charge < -0.3 is 24.2 Å². The molecule has 2 aromatic rings. The number of aliphatic hydroxyl groups is 1. The number of carbonyl (C=O) groups is 2. The minimum absolute atomic E-state index is 0.00454. The minimum Gasteiger partial charge on any atom is -0.507 e. The molecule has 182 valence electrons. The molecular weight excluding hydrogens is 481 g/mol. The van der Waals surface area contributed by atoms with Crippen LogP contribution < -0.4 is 9.47 Å². The van der Waals surface area contributed by atoms with E-state index in [-0.39, 0.29) is 45.3 Å². The normalized spacial score (nSPS) is 17.5. The van der Waals surface area contributed by atoms with E-state index in [4.69, 9.17) is 37.4 Å². The van der Waals surface area contributed by atoms with Gasteiger partial charge in [-0.15, -0.1) is 0 Å². The molecule has 0 saturated carbocycles. The van der Waals surface area contributed by atoms with Gasteiger partial charge in [-0.3, -0.25) is 9.59 Å². The first-order valence-electron chi connectivity index (χ1n) is 10.8. The van der Waals surface area contributed by atoms with Gasteiger partial charge >= 0.3 is 0 Å². The van der Waals surface area contributed by atoms with Crippen LogP contribution >= 0.6 is 23.2 Å². The van der Waals surface area contributed by atoms with Crippen molar-refractivity contribution in [3.63, 3.8) is 0 Å². The second-order valence-corrected chi connectivity index (χ2v) is 8.86. The Bertz CT molecular complexity index is 1070. The Labute approximate surface area is 208 Å². The average Bonchev–Trinajstić information content (AvgIpc) is 3.03. The summed E-state index contributed by atoms with van der Waals surface area (Å²) in [6.07, 6.45) is 0.518. The summed E-state index contributed by atoms with van der Waals surface area (Å²) >= 11 is 12.5. The zero-order valence-electron chi connectivity index (χ0n) is 19.4. The van der Waals surface area contributed by atoms with E-state index < -0.39 is 17.7 Å². The van der Waals surface area contributed by atoms with Crippen LogP contribution in [-0.4, -0.2) is 55.2 Å². The number of ether oxygens (including phenoxy) is 3. The highest BCUT2D eigenvalue weighted by molar-refractivity contribution is 6.46. The first-order valence-corrected chi connectivity index (χ1v) is 11.5. The predicted molar refractivity (Wildman–Crippen MR) is 131 cm³/mol. The van der Waals surface area contributed by atoms with Crippen molar-refractivity contribution in [2.45, 2.75) is 32.4 Å². The fraction of sp³-hybridized carbons (Fsp3) is 0.360. The molecule has 1 aliphatic rings. The Morgan fingerprint density at radius 1 is 1.09 bits per heavy atom. The highest BCUT2D eigenvalue weighted by Crippen LogP contribution is 2.42. The van der Waals surface area contributed by atoms with Crippen LogP contribution in [0.25, 0.3) is 5.76 Å². The van der Waals surface area contributed by atoms with Gasteiger partial charge in [-0.1, -0.05) is 35.3 Å². The first-order chi connectivity index (χ1) is 16.2. The number of likely N-dealkylation sites (tertiary alicyclic amines) is 1. The van der Waals surface area contributed by atoms with Gasteiger partial charge in [-0.05, 0) is 50.1 Å². The van der Waals surface area contributed by atoms with Gasteiger partial charge in [-0.2, -0.15) is 0 Å². The van der Waals surface area contributed by atoms with E-state index >= 15 is 0 Å². The molecule has 0 spiro atoms. The number of carbonyl (C=O) groups excluding carboxylic acids is 2. The second kappa shape index (κ2) is 11.1. The zero-order chi connectivity index (χ0) is 25.0. The Hall–Kier alpha value is -2.74.